The van der Waals surface area contributed by atoms with Crippen LogP contribution in [-0.4, -0.2) is 66.3 Å². The van der Waals surface area contributed by atoms with E-state index in [0.717, 1.165) is 0 Å². The lowest BCUT2D eigenvalue weighted by molar-refractivity contribution is -0.139. The number of hydrogen-bond acceptors (Lipinski definition) is 4. The van der Waals surface area contributed by atoms with E-state index in [1.165, 1.54) is 19.0 Å². The van der Waals surface area contributed by atoms with Gasteiger partial charge in [0.25, 0.3) is 0 Å². The van der Waals surface area contributed by atoms with Gasteiger partial charge in [0.2, 0.25) is 5.91 Å². The Hall–Kier alpha value is -1.83. The number of hydrogen-bond donors (Lipinski definition) is 4. The quantitative estimate of drug-likeness (QED) is 0.449. The van der Waals surface area contributed by atoms with Gasteiger partial charge in [-0.05, 0) is 0 Å². The molecule has 18 heavy (non-hydrogen) atoms. The van der Waals surface area contributed by atoms with Crippen LogP contribution in [0.4, 0.5) is 4.79 Å². The van der Waals surface area contributed by atoms with Crippen LogP contribution in [0.1, 0.15) is 12.8 Å². The Morgan fingerprint density at radius 2 is 1.94 bits per heavy atom. The third-order valence-electron chi connectivity index (χ3n) is 2.31. The maximum atomic E-state index is 11.6. The van der Waals surface area contributed by atoms with Gasteiger partial charge in [0.15, 0.2) is 0 Å². The van der Waals surface area contributed by atoms with Crippen molar-refractivity contribution < 1.29 is 24.6 Å². The van der Waals surface area contributed by atoms with Crippen LogP contribution in [0.15, 0.2) is 0 Å². The van der Waals surface area contributed by atoms with E-state index in [0.29, 0.717) is 0 Å². The van der Waals surface area contributed by atoms with Crippen LogP contribution < -0.4 is 10.6 Å². The molecule has 0 fully saturated rings. The molecule has 104 valence electrons. The summed E-state index contributed by atoms with van der Waals surface area (Å²) in [5, 5.41) is 22.1. The number of urea groups is 1. The number of aliphatic hydroxyl groups is 1. The van der Waals surface area contributed by atoms with Crippen molar-refractivity contribution in [2.24, 2.45) is 0 Å². The first-order valence-electron chi connectivity index (χ1n) is 5.48. The van der Waals surface area contributed by atoms with Gasteiger partial charge in [-0.25, -0.2) is 9.59 Å². The molecule has 0 heterocycles. The van der Waals surface area contributed by atoms with Crippen LogP contribution >= 0.6 is 0 Å². The highest BCUT2D eigenvalue weighted by atomic mass is 16.4. The first kappa shape index (κ1) is 16.2. The van der Waals surface area contributed by atoms with Crippen molar-refractivity contribution in [2.45, 2.75) is 18.9 Å². The first-order chi connectivity index (χ1) is 8.42. The van der Waals surface area contributed by atoms with E-state index in [1.807, 2.05) is 0 Å². The lowest BCUT2D eigenvalue weighted by Crippen LogP contribution is -2.47. The molecule has 0 aliphatic carbocycles. The van der Waals surface area contributed by atoms with Crippen LogP contribution in [0, 0.1) is 0 Å². The van der Waals surface area contributed by atoms with Gasteiger partial charge in [-0.1, -0.05) is 0 Å². The molecule has 0 saturated carbocycles. The topological polar surface area (TPSA) is 119 Å². The summed E-state index contributed by atoms with van der Waals surface area (Å²) in [6.07, 6.45) is 0.0719. The molecule has 0 saturated heterocycles. The zero-order chi connectivity index (χ0) is 14.1. The highest BCUT2D eigenvalue weighted by molar-refractivity contribution is 5.83. The van der Waals surface area contributed by atoms with E-state index in [2.05, 4.69) is 10.6 Å². The van der Waals surface area contributed by atoms with E-state index in [-0.39, 0.29) is 31.9 Å². The van der Waals surface area contributed by atoms with Gasteiger partial charge in [-0.15, -0.1) is 0 Å². The highest BCUT2D eigenvalue weighted by Crippen LogP contribution is 1.95. The summed E-state index contributed by atoms with van der Waals surface area (Å²) in [6, 6.07) is -1.73. The lowest BCUT2D eigenvalue weighted by atomic mass is 10.2. The number of carboxylic acids is 1. The van der Waals surface area contributed by atoms with Crippen LogP contribution in [0.3, 0.4) is 0 Å². The number of amides is 3. The van der Waals surface area contributed by atoms with E-state index >= 15 is 0 Å². The van der Waals surface area contributed by atoms with Crippen LogP contribution in [0.2, 0.25) is 0 Å². The largest absolute Gasteiger partial charge is 0.480 e. The molecule has 1 atom stereocenters. The predicted octanol–water partition coefficient (Wildman–Crippen LogP) is -1.40. The summed E-state index contributed by atoms with van der Waals surface area (Å²) < 4.78 is 0. The molecule has 0 aromatic rings. The smallest absolute Gasteiger partial charge is 0.326 e. The fourth-order valence-corrected chi connectivity index (χ4v) is 1.14. The molecule has 0 unspecified atom stereocenters. The molecule has 0 spiro atoms. The molecule has 8 nitrogen and oxygen atoms in total. The van der Waals surface area contributed by atoms with Gasteiger partial charge in [0.05, 0.1) is 0 Å². The molecule has 3 amide bonds. The molecular formula is C10H19N3O5. The normalized spacial score (nSPS) is 11.5. The number of rotatable bonds is 7. The van der Waals surface area contributed by atoms with Crippen molar-refractivity contribution in [3.05, 3.63) is 0 Å². The summed E-state index contributed by atoms with van der Waals surface area (Å²) in [5.41, 5.74) is 0. The average molecular weight is 261 g/mol. The third kappa shape index (κ3) is 6.04. The minimum absolute atomic E-state index is 0.0651. The summed E-state index contributed by atoms with van der Waals surface area (Å²) in [5.74, 6) is -1.42. The van der Waals surface area contributed by atoms with Gasteiger partial charge in [-0.3, -0.25) is 4.79 Å². The molecular weight excluding hydrogens is 242 g/mol. The molecule has 0 radical (unpaired) electrons. The maximum absolute atomic E-state index is 11.6. The first-order valence-corrected chi connectivity index (χ1v) is 5.48. The van der Waals surface area contributed by atoms with Crippen molar-refractivity contribution >= 4 is 17.9 Å². The van der Waals surface area contributed by atoms with Gasteiger partial charge >= 0.3 is 12.0 Å². The van der Waals surface area contributed by atoms with Crippen molar-refractivity contribution in [2.75, 3.05) is 27.2 Å². The molecule has 0 rings (SSSR count). The standard InChI is InChI=1S/C10H19N3O5/c1-11-8(15)3-5-13(2)10(18)12-7(4-6-14)9(16)17/h7,14H,3-6H2,1-2H3,(H,11,15)(H,12,18)(H,16,17)/t7-/m1/s1. The van der Waals surface area contributed by atoms with Crippen LogP contribution in [0.5, 0.6) is 0 Å². The summed E-state index contributed by atoms with van der Waals surface area (Å²) in [4.78, 5) is 34.5. The second kappa shape index (κ2) is 8.29. The Kier molecular flexibility index (Phi) is 7.45. The fraction of sp³-hybridized carbons (Fsp3) is 0.700. The Labute approximate surface area is 105 Å². The number of carbonyl (C=O) groups is 3. The fourth-order valence-electron chi connectivity index (χ4n) is 1.14. The molecule has 0 aromatic carbocycles. The van der Waals surface area contributed by atoms with Crippen molar-refractivity contribution in [3.8, 4) is 0 Å². The van der Waals surface area contributed by atoms with E-state index in [4.69, 9.17) is 10.2 Å². The van der Waals surface area contributed by atoms with Crippen molar-refractivity contribution in [3.63, 3.8) is 0 Å². The number of nitrogens with one attached hydrogen (secondary N) is 2. The molecule has 0 aromatic heterocycles. The summed E-state index contributed by atoms with van der Waals surface area (Å²) in [7, 11) is 2.94. The number of aliphatic hydroxyl groups excluding tert-OH is 1. The zero-order valence-corrected chi connectivity index (χ0v) is 10.5. The summed E-state index contributed by atoms with van der Waals surface area (Å²) >= 11 is 0. The molecule has 8 heteroatoms. The molecule has 4 N–H and O–H groups in total. The third-order valence-corrected chi connectivity index (χ3v) is 2.31. The Bertz CT molecular complexity index is 308. The second-order valence-corrected chi connectivity index (χ2v) is 3.70. The number of carbonyl (C=O) groups excluding carboxylic acids is 2. The van der Waals surface area contributed by atoms with E-state index in [9.17, 15) is 14.4 Å². The number of aliphatic carboxylic acids is 1. The monoisotopic (exact) mass is 261 g/mol. The molecule has 0 bridgehead atoms. The van der Waals surface area contributed by atoms with Gasteiger partial charge in [0.1, 0.15) is 6.04 Å². The number of carboxylic acid groups (broad SMARTS) is 1. The Morgan fingerprint density at radius 3 is 2.39 bits per heavy atom. The van der Waals surface area contributed by atoms with E-state index < -0.39 is 18.0 Å². The SMILES string of the molecule is CNC(=O)CCN(C)C(=O)N[C@H](CCO)C(=O)O. The Morgan fingerprint density at radius 1 is 1.33 bits per heavy atom. The molecule has 0 aliphatic rings. The minimum atomic E-state index is -1.21. The minimum Gasteiger partial charge on any atom is -0.480 e. The predicted molar refractivity (Wildman–Crippen MR) is 63.0 cm³/mol. The zero-order valence-electron chi connectivity index (χ0n) is 10.5. The lowest BCUT2D eigenvalue weighted by Gasteiger charge is -2.20. The van der Waals surface area contributed by atoms with E-state index in [1.54, 1.807) is 0 Å². The molecule has 0 aliphatic heterocycles. The summed E-state index contributed by atoms with van der Waals surface area (Å²) in [6.45, 7) is -0.157. The van der Waals surface area contributed by atoms with Gasteiger partial charge in [-0.2, -0.15) is 0 Å². The van der Waals surface area contributed by atoms with Gasteiger partial charge < -0.3 is 25.7 Å². The highest BCUT2D eigenvalue weighted by Gasteiger charge is 2.21. The van der Waals surface area contributed by atoms with Crippen molar-refractivity contribution in [1.82, 2.24) is 15.5 Å². The van der Waals surface area contributed by atoms with Crippen molar-refractivity contribution in [1.29, 1.82) is 0 Å². The van der Waals surface area contributed by atoms with Gasteiger partial charge in [0, 0.05) is 40.1 Å². The average Bonchev–Trinajstić information content (AvgIpc) is 2.34. The Balaban J connectivity index is 4.20. The van der Waals surface area contributed by atoms with Crippen LogP contribution in [-0.2, 0) is 9.59 Å². The maximum Gasteiger partial charge on any atom is 0.326 e. The number of nitrogens with zero attached hydrogens (tertiary/aromatic N) is 1. The second-order valence-electron chi connectivity index (χ2n) is 3.70. The van der Waals surface area contributed by atoms with Crippen LogP contribution in [0.25, 0.3) is 0 Å².